The van der Waals surface area contributed by atoms with E-state index in [-0.39, 0.29) is 10.7 Å². The molecule has 2 aromatic rings. The van der Waals surface area contributed by atoms with Gasteiger partial charge in [-0.1, -0.05) is 47.1 Å². The normalized spacial score (nSPS) is 21.5. The number of rotatable bonds is 3. The molecule has 0 radical (unpaired) electrons. The molecule has 1 saturated heterocycles. The van der Waals surface area contributed by atoms with Crippen molar-refractivity contribution >= 4 is 21.7 Å². The number of para-hydroxylation sites is 1. The number of nitrogens with zero attached hydrogens (tertiary/aromatic N) is 3. The quantitative estimate of drug-likeness (QED) is 0.792. The molecule has 4 rings (SSSR count). The van der Waals surface area contributed by atoms with Gasteiger partial charge in [0.15, 0.2) is 0 Å². The van der Waals surface area contributed by atoms with Crippen LogP contribution in [0.15, 0.2) is 77.5 Å². The second kappa shape index (κ2) is 6.83. The van der Waals surface area contributed by atoms with E-state index < -0.39 is 0 Å². The van der Waals surface area contributed by atoms with Gasteiger partial charge in [-0.05, 0) is 42.8 Å². The topological polar surface area (TPSA) is 9.72 Å². The molecular weight excluding hydrogens is 314 g/mol. The molecule has 2 heterocycles. The number of piperazine rings is 1. The fraction of sp³-hybridized carbons (Fsp3) is 0.250. The number of allylic oxidation sites excluding steroid dienone is 1. The van der Waals surface area contributed by atoms with Gasteiger partial charge in [-0.15, -0.1) is 0 Å². The van der Waals surface area contributed by atoms with E-state index in [1.54, 1.807) is 0 Å². The van der Waals surface area contributed by atoms with Gasteiger partial charge in [-0.2, -0.15) is 0 Å². The Bertz CT molecular complexity index is 747. The molecule has 4 heteroatoms. The summed E-state index contributed by atoms with van der Waals surface area (Å²) >= 11 is 0. The molecule has 0 saturated carbocycles. The zero-order chi connectivity index (χ0) is 16.4. The van der Waals surface area contributed by atoms with E-state index in [1.165, 1.54) is 16.4 Å². The van der Waals surface area contributed by atoms with Crippen molar-refractivity contribution < 1.29 is 0 Å². The highest BCUT2D eigenvalue weighted by Crippen LogP contribution is 2.42. The van der Waals surface area contributed by atoms with Crippen molar-refractivity contribution in [2.45, 2.75) is 4.90 Å². The first-order valence-electron chi connectivity index (χ1n) is 8.45. The van der Waals surface area contributed by atoms with Crippen molar-refractivity contribution in [1.29, 1.82) is 0 Å². The summed E-state index contributed by atoms with van der Waals surface area (Å²) in [5.41, 5.74) is 1.27. The molecule has 2 aromatic carbocycles. The molecule has 1 fully saturated rings. The lowest BCUT2D eigenvalue weighted by molar-refractivity contribution is 0.186. The summed E-state index contributed by atoms with van der Waals surface area (Å²) < 4.78 is 2.50. The van der Waals surface area contributed by atoms with Crippen LogP contribution in [0, 0.1) is 0 Å². The Morgan fingerprint density at radius 1 is 0.792 bits per heavy atom. The maximum absolute atomic E-state index is 2.53. The van der Waals surface area contributed by atoms with E-state index in [9.17, 15) is 0 Å². The number of hydrogen-bond acceptors (Lipinski definition) is 3. The van der Waals surface area contributed by atoms with Gasteiger partial charge < -0.3 is 9.80 Å². The summed E-state index contributed by atoms with van der Waals surface area (Å²) in [6.07, 6.45) is 2.31. The van der Waals surface area contributed by atoms with Gasteiger partial charge in [0.2, 0.25) is 0 Å². The van der Waals surface area contributed by atoms with Crippen LogP contribution < -0.4 is 4.31 Å². The van der Waals surface area contributed by atoms with Crippen molar-refractivity contribution in [1.82, 2.24) is 9.80 Å². The zero-order valence-electron chi connectivity index (χ0n) is 14.0. The van der Waals surface area contributed by atoms with Crippen LogP contribution in [0.1, 0.15) is 0 Å². The van der Waals surface area contributed by atoms with Gasteiger partial charge in [0, 0.05) is 31.1 Å². The second-order valence-corrected chi connectivity index (χ2v) is 7.95. The highest BCUT2D eigenvalue weighted by molar-refractivity contribution is 8.16. The highest BCUT2D eigenvalue weighted by Gasteiger charge is 2.27. The number of benzene rings is 2. The molecule has 0 bridgehead atoms. The first-order valence-corrected chi connectivity index (χ1v) is 9.69. The number of likely N-dealkylation sites (N-methyl/N-ethyl adjacent to an activating group) is 1. The first kappa shape index (κ1) is 15.5. The Morgan fingerprint density at radius 2 is 1.42 bits per heavy atom. The Kier molecular flexibility index (Phi) is 4.41. The fourth-order valence-electron chi connectivity index (χ4n) is 3.18. The van der Waals surface area contributed by atoms with Gasteiger partial charge in [-0.3, -0.25) is 4.31 Å². The van der Waals surface area contributed by atoms with Crippen molar-refractivity contribution in [2.75, 3.05) is 37.5 Å². The molecule has 2 aliphatic heterocycles. The van der Waals surface area contributed by atoms with Crippen LogP contribution in [0.5, 0.6) is 0 Å². The highest BCUT2D eigenvalue weighted by atomic mass is 32.2. The average molecular weight is 337 g/mol. The molecule has 1 unspecified atom stereocenters. The summed E-state index contributed by atoms with van der Waals surface area (Å²) in [6.45, 7) is 4.43. The molecule has 0 amide bonds. The maximum atomic E-state index is 2.53. The van der Waals surface area contributed by atoms with Crippen LogP contribution in [0.25, 0.3) is 0 Å². The largest absolute Gasteiger partial charge is 0.355 e. The van der Waals surface area contributed by atoms with Gasteiger partial charge in [0.05, 0.1) is 5.69 Å². The molecule has 0 aromatic heterocycles. The Morgan fingerprint density at radius 3 is 2.08 bits per heavy atom. The Balaban J connectivity index is 1.68. The third-order valence-corrected chi connectivity index (χ3v) is 6.49. The van der Waals surface area contributed by atoms with E-state index in [0.29, 0.717) is 0 Å². The molecule has 3 nitrogen and oxygen atoms in total. The monoisotopic (exact) mass is 337 g/mol. The van der Waals surface area contributed by atoms with Crippen LogP contribution in [0.2, 0.25) is 0 Å². The number of hydrogen-bond donors (Lipinski definition) is 0. The van der Waals surface area contributed by atoms with Crippen LogP contribution in [-0.4, -0.2) is 48.4 Å². The minimum absolute atomic E-state index is 0.0595. The molecule has 0 spiro atoms. The van der Waals surface area contributed by atoms with Crippen molar-refractivity contribution in [3.8, 4) is 0 Å². The lowest BCUT2D eigenvalue weighted by Gasteiger charge is -2.39. The standard InChI is InChI=1S/C20H23N3S/c1-21-13-15-22(16-14-21)20-12-17-24(19-10-6-3-7-11-19)23(20)18-8-4-2-5-9-18/h2-12,17H,13-16H2,1H3. The minimum atomic E-state index is -0.0595. The van der Waals surface area contributed by atoms with Gasteiger partial charge in [-0.25, -0.2) is 0 Å². The molecule has 24 heavy (non-hydrogen) atoms. The minimum Gasteiger partial charge on any atom is -0.355 e. The van der Waals surface area contributed by atoms with Gasteiger partial charge in [0.1, 0.15) is 5.82 Å². The summed E-state index contributed by atoms with van der Waals surface area (Å²) in [5.74, 6) is 1.33. The summed E-state index contributed by atoms with van der Waals surface area (Å²) in [6, 6.07) is 21.6. The van der Waals surface area contributed by atoms with Gasteiger partial charge in [0.25, 0.3) is 0 Å². The van der Waals surface area contributed by atoms with E-state index >= 15 is 0 Å². The molecule has 0 N–H and O–H groups in total. The third kappa shape index (κ3) is 2.99. The molecule has 0 aliphatic carbocycles. The molecule has 1 atom stereocenters. The van der Waals surface area contributed by atoms with Crippen molar-refractivity contribution in [3.05, 3.63) is 72.6 Å². The number of anilines is 1. The maximum Gasteiger partial charge on any atom is 0.119 e. The Labute approximate surface area is 146 Å². The SMILES string of the molecule is CN1CCN(C2=CC=S(c3ccccc3)N2c2ccccc2)CC1. The summed E-state index contributed by atoms with van der Waals surface area (Å²) in [4.78, 5) is 6.29. The molecular formula is C20H23N3S. The Hall–Kier alpha value is -2.04. The van der Waals surface area contributed by atoms with E-state index in [4.69, 9.17) is 0 Å². The average Bonchev–Trinajstić information content (AvgIpc) is 3.09. The fourth-order valence-corrected chi connectivity index (χ4v) is 5.08. The van der Waals surface area contributed by atoms with Crippen LogP contribution in [0.4, 0.5) is 5.69 Å². The summed E-state index contributed by atoms with van der Waals surface area (Å²) in [5, 5.41) is 2.36. The molecule has 124 valence electrons. The van der Waals surface area contributed by atoms with E-state index in [1.807, 2.05) is 0 Å². The van der Waals surface area contributed by atoms with Crippen molar-refractivity contribution in [3.63, 3.8) is 0 Å². The van der Waals surface area contributed by atoms with E-state index in [2.05, 4.69) is 93.3 Å². The lowest BCUT2D eigenvalue weighted by Crippen LogP contribution is -2.46. The van der Waals surface area contributed by atoms with Crippen LogP contribution in [0.3, 0.4) is 0 Å². The zero-order valence-corrected chi connectivity index (χ0v) is 14.8. The van der Waals surface area contributed by atoms with Crippen LogP contribution in [-0.2, 0) is 0 Å². The van der Waals surface area contributed by atoms with Crippen LogP contribution >= 0.6 is 10.7 Å². The van der Waals surface area contributed by atoms with Crippen molar-refractivity contribution in [2.24, 2.45) is 0 Å². The second-order valence-electron chi connectivity index (χ2n) is 6.21. The first-order chi connectivity index (χ1) is 11.8. The lowest BCUT2D eigenvalue weighted by atomic mass is 10.3. The summed E-state index contributed by atoms with van der Waals surface area (Å²) in [7, 11) is 2.14. The van der Waals surface area contributed by atoms with E-state index in [0.717, 1.165) is 26.2 Å². The predicted molar refractivity (Wildman–Crippen MR) is 104 cm³/mol. The molecule has 2 aliphatic rings. The smallest absolute Gasteiger partial charge is 0.119 e. The predicted octanol–water partition coefficient (Wildman–Crippen LogP) is 3.64. The van der Waals surface area contributed by atoms with Gasteiger partial charge >= 0.3 is 0 Å². The third-order valence-electron chi connectivity index (χ3n) is 4.55.